The lowest BCUT2D eigenvalue weighted by molar-refractivity contribution is -0.137. The van der Waals surface area contributed by atoms with Gasteiger partial charge in [-0.15, -0.1) is 0 Å². The molecule has 0 radical (unpaired) electrons. The van der Waals surface area contributed by atoms with Crippen LogP contribution in [0.4, 0.5) is 13.2 Å². The minimum absolute atomic E-state index is 0.172. The minimum atomic E-state index is -4.40. The summed E-state index contributed by atoms with van der Waals surface area (Å²) in [6, 6.07) is 4.94. The maximum absolute atomic E-state index is 12.8. The molecule has 2 aromatic rings. The second kappa shape index (κ2) is 8.39. The molecule has 148 valence electrons. The van der Waals surface area contributed by atoms with Crippen LogP contribution in [0.15, 0.2) is 28.8 Å². The Hall–Kier alpha value is -1.93. The first kappa shape index (κ1) is 19.8. The molecule has 0 N–H and O–H groups in total. The van der Waals surface area contributed by atoms with Crippen LogP contribution in [-0.2, 0) is 17.5 Å². The van der Waals surface area contributed by atoms with Crippen LogP contribution in [0.1, 0.15) is 38.1 Å². The Morgan fingerprint density at radius 1 is 1.26 bits per heavy atom. The summed E-state index contributed by atoms with van der Waals surface area (Å²) >= 11 is 0. The van der Waals surface area contributed by atoms with Gasteiger partial charge in [-0.25, -0.2) is 0 Å². The van der Waals surface area contributed by atoms with E-state index in [0.29, 0.717) is 23.9 Å². The molecule has 8 heteroatoms. The molecule has 0 saturated carbocycles. The Bertz CT molecular complexity index is 738. The van der Waals surface area contributed by atoms with Crippen molar-refractivity contribution in [2.75, 3.05) is 19.7 Å². The lowest BCUT2D eigenvalue weighted by Gasteiger charge is -2.31. The maximum atomic E-state index is 12.8. The zero-order valence-electron chi connectivity index (χ0n) is 15.5. The largest absolute Gasteiger partial charge is 0.416 e. The molecule has 0 aliphatic carbocycles. The van der Waals surface area contributed by atoms with Gasteiger partial charge >= 0.3 is 6.18 Å². The summed E-state index contributed by atoms with van der Waals surface area (Å²) in [5, 5.41) is 3.83. The van der Waals surface area contributed by atoms with E-state index in [0.717, 1.165) is 44.7 Å². The van der Waals surface area contributed by atoms with E-state index in [9.17, 15) is 13.2 Å². The molecule has 1 fully saturated rings. The summed E-state index contributed by atoms with van der Waals surface area (Å²) in [5.41, 5.74) is -0.435. The van der Waals surface area contributed by atoms with Gasteiger partial charge in [0, 0.05) is 25.3 Å². The van der Waals surface area contributed by atoms with Crippen molar-refractivity contribution in [3.05, 3.63) is 35.7 Å². The smallest absolute Gasteiger partial charge is 0.378 e. The summed E-state index contributed by atoms with van der Waals surface area (Å²) in [6.45, 7) is 7.25. The van der Waals surface area contributed by atoms with Crippen LogP contribution in [-0.4, -0.2) is 40.8 Å². The number of hydrogen-bond acceptors (Lipinski definition) is 5. The molecule has 0 unspecified atom stereocenters. The summed E-state index contributed by atoms with van der Waals surface area (Å²) < 4.78 is 49.7. The first-order chi connectivity index (χ1) is 12.8. The number of hydrogen-bond donors (Lipinski definition) is 0. The molecule has 2 heterocycles. The predicted molar refractivity (Wildman–Crippen MR) is 93.8 cm³/mol. The number of alkyl halides is 3. The van der Waals surface area contributed by atoms with Crippen molar-refractivity contribution in [1.82, 2.24) is 15.0 Å². The molecule has 1 aromatic carbocycles. The Kier molecular flexibility index (Phi) is 6.16. The molecular formula is C19H24F3N3O2. The molecule has 1 aromatic heterocycles. The second-order valence-corrected chi connectivity index (χ2v) is 7.29. The van der Waals surface area contributed by atoms with Crippen molar-refractivity contribution in [3.63, 3.8) is 0 Å². The number of piperidine rings is 1. The monoisotopic (exact) mass is 383 g/mol. The predicted octanol–water partition coefficient (Wildman–Crippen LogP) is 4.39. The molecule has 1 aliphatic heterocycles. The zero-order chi connectivity index (χ0) is 19.4. The molecule has 3 rings (SSSR count). The Labute approximate surface area is 156 Å². The van der Waals surface area contributed by atoms with E-state index >= 15 is 0 Å². The van der Waals surface area contributed by atoms with Gasteiger partial charge in [0.25, 0.3) is 0 Å². The fourth-order valence-corrected chi connectivity index (χ4v) is 3.02. The molecule has 27 heavy (non-hydrogen) atoms. The van der Waals surface area contributed by atoms with Gasteiger partial charge in [0.1, 0.15) is 0 Å². The zero-order valence-corrected chi connectivity index (χ0v) is 15.5. The van der Waals surface area contributed by atoms with E-state index < -0.39 is 11.7 Å². The van der Waals surface area contributed by atoms with Crippen molar-refractivity contribution in [2.45, 2.75) is 45.5 Å². The van der Waals surface area contributed by atoms with Crippen LogP contribution in [0.25, 0.3) is 11.4 Å². The molecular weight excluding hydrogens is 359 g/mol. The van der Waals surface area contributed by atoms with Crippen LogP contribution in [0.5, 0.6) is 0 Å². The third-order valence-electron chi connectivity index (χ3n) is 4.47. The van der Waals surface area contributed by atoms with Gasteiger partial charge < -0.3 is 9.26 Å². The van der Waals surface area contributed by atoms with Gasteiger partial charge in [-0.2, -0.15) is 18.2 Å². The third-order valence-corrected chi connectivity index (χ3v) is 4.47. The Balaban J connectivity index is 1.56. The summed E-state index contributed by atoms with van der Waals surface area (Å²) in [5.74, 6) is 1.10. The highest BCUT2D eigenvalue weighted by molar-refractivity contribution is 5.55. The van der Waals surface area contributed by atoms with Gasteiger partial charge in [0.2, 0.25) is 11.7 Å². The first-order valence-electron chi connectivity index (χ1n) is 9.15. The lowest BCUT2D eigenvalue weighted by Crippen LogP contribution is -2.37. The standard InChI is InChI=1S/C19H24F3N3O2/c1-13(2)12-26-16-6-8-25(9-7-16)11-17-23-18(24-27-17)14-4-3-5-15(10-14)19(20,21)22/h3-5,10,13,16H,6-9,11-12H2,1-2H3. The number of rotatable bonds is 6. The number of aromatic nitrogens is 2. The maximum Gasteiger partial charge on any atom is 0.416 e. The van der Waals surface area contributed by atoms with Gasteiger partial charge in [-0.3, -0.25) is 4.90 Å². The van der Waals surface area contributed by atoms with Crippen molar-refractivity contribution in [2.24, 2.45) is 5.92 Å². The molecule has 0 spiro atoms. The molecule has 5 nitrogen and oxygen atoms in total. The quantitative estimate of drug-likeness (QED) is 0.740. The van der Waals surface area contributed by atoms with Gasteiger partial charge in [-0.05, 0) is 30.9 Å². The van der Waals surface area contributed by atoms with Gasteiger partial charge in [0.15, 0.2) is 0 Å². The topological polar surface area (TPSA) is 51.4 Å². The highest BCUT2D eigenvalue weighted by atomic mass is 19.4. The van der Waals surface area contributed by atoms with Crippen molar-refractivity contribution in [3.8, 4) is 11.4 Å². The highest BCUT2D eigenvalue weighted by Crippen LogP contribution is 2.31. The number of benzene rings is 1. The molecule has 0 amide bonds. The SMILES string of the molecule is CC(C)COC1CCN(Cc2nc(-c3cccc(C(F)(F)F)c3)no2)CC1. The lowest BCUT2D eigenvalue weighted by atomic mass is 10.1. The average Bonchev–Trinajstić information content (AvgIpc) is 3.09. The molecule has 1 saturated heterocycles. The van der Waals surface area contributed by atoms with Crippen LogP contribution in [0.3, 0.4) is 0 Å². The third kappa shape index (κ3) is 5.52. The fourth-order valence-electron chi connectivity index (χ4n) is 3.02. The fraction of sp³-hybridized carbons (Fsp3) is 0.579. The average molecular weight is 383 g/mol. The molecule has 0 atom stereocenters. The van der Waals surface area contributed by atoms with E-state index in [2.05, 4.69) is 28.9 Å². The van der Waals surface area contributed by atoms with Crippen molar-refractivity contribution >= 4 is 0 Å². The normalized spacial score (nSPS) is 17.0. The van der Waals surface area contributed by atoms with E-state index in [-0.39, 0.29) is 11.9 Å². The number of likely N-dealkylation sites (tertiary alicyclic amines) is 1. The van der Waals surface area contributed by atoms with E-state index in [1.54, 1.807) is 6.07 Å². The van der Waals surface area contributed by atoms with E-state index in [1.165, 1.54) is 6.07 Å². The second-order valence-electron chi connectivity index (χ2n) is 7.29. The molecule has 0 bridgehead atoms. The summed E-state index contributed by atoms with van der Waals surface area (Å²) in [4.78, 5) is 6.45. The van der Waals surface area contributed by atoms with Crippen LogP contribution in [0.2, 0.25) is 0 Å². The van der Waals surface area contributed by atoms with Gasteiger partial charge in [0.05, 0.1) is 18.2 Å². The van der Waals surface area contributed by atoms with Gasteiger partial charge in [-0.1, -0.05) is 31.1 Å². The number of ether oxygens (including phenoxy) is 1. The van der Waals surface area contributed by atoms with E-state index in [4.69, 9.17) is 9.26 Å². The summed E-state index contributed by atoms with van der Waals surface area (Å²) in [7, 11) is 0. The number of nitrogens with zero attached hydrogens (tertiary/aromatic N) is 3. The van der Waals surface area contributed by atoms with Crippen LogP contribution >= 0.6 is 0 Å². The number of halogens is 3. The van der Waals surface area contributed by atoms with E-state index in [1.807, 2.05) is 0 Å². The Morgan fingerprint density at radius 3 is 2.67 bits per heavy atom. The van der Waals surface area contributed by atoms with Crippen molar-refractivity contribution < 1.29 is 22.4 Å². The first-order valence-corrected chi connectivity index (χ1v) is 9.15. The van der Waals surface area contributed by atoms with Crippen LogP contribution < -0.4 is 0 Å². The Morgan fingerprint density at radius 2 is 2.00 bits per heavy atom. The van der Waals surface area contributed by atoms with Crippen molar-refractivity contribution in [1.29, 1.82) is 0 Å². The summed E-state index contributed by atoms with van der Waals surface area (Å²) in [6.07, 6.45) is -2.22. The molecule has 1 aliphatic rings. The minimum Gasteiger partial charge on any atom is -0.378 e. The highest BCUT2D eigenvalue weighted by Gasteiger charge is 2.31. The van der Waals surface area contributed by atoms with Crippen LogP contribution in [0, 0.1) is 5.92 Å².